The van der Waals surface area contributed by atoms with Gasteiger partial charge in [0.2, 0.25) is 5.91 Å². The number of carbonyl (C=O) groups is 1. The number of hydrogen-bond donors (Lipinski definition) is 2. The normalized spacial score (nSPS) is 13.8. The Balaban J connectivity index is 0.00000400. The lowest BCUT2D eigenvalue weighted by Gasteiger charge is -2.16. The van der Waals surface area contributed by atoms with Crippen molar-refractivity contribution < 1.29 is 22.7 Å². The molecule has 1 amide bonds. The second kappa shape index (κ2) is 8.09. The van der Waals surface area contributed by atoms with Crippen LogP contribution in [0.25, 0.3) is 0 Å². The van der Waals surface area contributed by atoms with Crippen LogP contribution in [0.5, 0.6) is 5.75 Å². The molecule has 1 aromatic rings. The molecule has 21 heavy (non-hydrogen) atoms. The van der Waals surface area contributed by atoms with Crippen LogP contribution < -0.4 is 15.8 Å². The Morgan fingerprint density at radius 2 is 1.81 bits per heavy atom. The second-order valence-corrected chi connectivity index (χ2v) is 4.59. The monoisotopic (exact) mass is 326 g/mol. The van der Waals surface area contributed by atoms with Crippen LogP contribution in [-0.4, -0.2) is 18.3 Å². The van der Waals surface area contributed by atoms with Gasteiger partial charge >= 0.3 is 6.36 Å². The van der Waals surface area contributed by atoms with E-state index in [1.165, 1.54) is 24.3 Å². The number of nitrogens with two attached hydrogens (primary N) is 1. The molecule has 0 spiro atoms. The fourth-order valence-corrected chi connectivity index (χ4v) is 1.63. The summed E-state index contributed by atoms with van der Waals surface area (Å²) in [7, 11) is 0. The number of hydrogen-bond acceptors (Lipinski definition) is 3. The van der Waals surface area contributed by atoms with E-state index < -0.39 is 6.36 Å². The number of amides is 1. The van der Waals surface area contributed by atoms with E-state index in [9.17, 15) is 18.0 Å². The fourth-order valence-electron chi connectivity index (χ4n) is 1.63. The summed E-state index contributed by atoms with van der Waals surface area (Å²) in [5, 5.41) is 2.71. The summed E-state index contributed by atoms with van der Waals surface area (Å²) in [6.45, 7) is 3.45. The molecule has 120 valence electrons. The molecule has 8 heteroatoms. The van der Waals surface area contributed by atoms with Gasteiger partial charge in [0, 0.05) is 12.5 Å². The van der Waals surface area contributed by atoms with E-state index in [0.29, 0.717) is 5.56 Å². The van der Waals surface area contributed by atoms with Crippen LogP contribution in [0, 0.1) is 0 Å². The molecule has 0 bridgehead atoms. The van der Waals surface area contributed by atoms with Gasteiger partial charge in [-0.1, -0.05) is 12.1 Å². The molecule has 0 aliphatic rings. The molecule has 0 heterocycles. The molecule has 0 radical (unpaired) electrons. The third kappa shape index (κ3) is 7.77. The van der Waals surface area contributed by atoms with Gasteiger partial charge in [-0.3, -0.25) is 4.79 Å². The molecule has 4 nitrogen and oxygen atoms in total. The molecule has 1 rings (SSSR count). The maximum Gasteiger partial charge on any atom is 0.573 e. The van der Waals surface area contributed by atoms with Crippen molar-refractivity contribution in [1.29, 1.82) is 0 Å². The third-order valence-electron chi connectivity index (χ3n) is 2.50. The number of alkyl halides is 3. The second-order valence-electron chi connectivity index (χ2n) is 4.59. The predicted octanol–water partition coefficient (Wildman–Crippen LogP) is 2.92. The Labute approximate surface area is 127 Å². The number of ether oxygens (including phenoxy) is 1. The van der Waals surface area contributed by atoms with E-state index in [1.807, 2.05) is 0 Å². The summed E-state index contributed by atoms with van der Waals surface area (Å²) < 4.78 is 39.8. The first-order chi connectivity index (χ1) is 9.17. The van der Waals surface area contributed by atoms with E-state index in [-0.39, 0.29) is 42.6 Å². The zero-order valence-electron chi connectivity index (χ0n) is 11.6. The maximum absolute atomic E-state index is 12.0. The summed E-state index contributed by atoms with van der Waals surface area (Å²) in [5.74, 6) is -0.501. The van der Waals surface area contributed by atoms with Gasteiger partial charge in [-0.05, 0) is 31.5 Å². The van der Waals surface area contributed by atoms with Gasteiger partial charge < -0.3 is 15.8 Å². The minimum absolute atomic E-state index is 0. The van der Waals surface area contributed by atoms with E-state index in [0.717, 1.165) is 0 Å². The number of rotatable bonds is 5. The van der Waals surface area contributed by atoms with Crippen LogP contribution >= 0.6 is 12.4 Å². The van der Waals surface area contributed by atoms with Crippen molar-refractivity contribution in [3.63, 3.8) is 0 Å². The Morgan fingerprint density at radius 3 is 2.24 bits per heavy atom. The number of nitrogens with one attached hydrogen (secondary N) is 1. The van der Waals surface area contributed by atoms with Gasteiger partial charge in [0.15, 0.2) is 0 Å². The minimum Gasteiger partial charge on any atom is -0.406 e. The summed E-state index contributed by atoms with van der Waals surface area (Å²) >= 11 is 0. The molecule has 1 aromatic carbocycles. The van der Waals surface area contributed by atoms with E-state index in [4.69, 9.17) is 5.73 Å². The fraction of sp³-hybridized carbons (Fsp3) is 0.462. The number of halogens is 4. The topological polar surface area (TPSA) is 64.4 Å². The minimum atomic E-state index is -4.71. The lowest BCUT2D eigenvalue weighted by molar-refractivity contribution is -0.274. The van der Waals surface area contributed by atoms with Gasteiger partial charge in [-0.2, -0.15) is 0 Å². The van der Waals surface area contributed by atoms with Crippen molar-refractivity contribution in [3.05, 3.63) is 29.8 Å². The first-order valence-corrected chi connectivity index (χ1v) is 6.08. The highest BCUT2D eigenvalue weighted by Crippen LogP contribution is 2.24. The van der Waals surface area contributed by atoms with Crippen molar-refractivity contribution in [1.82, 2.24) is 5.32 Å². The van der Waals surface area contributed by atoms with Gasteiger partial charge in [-0.25, -0.2) is 0 Å². The molecular formula is C13H18ClF3N2O2. The summed E-state index contributed by atoms with van der Waals surface area (Å²) in [4.78, 5) is 11.5. The SMILES string of the molecule is CC(N)CC(=O)NC(C)c1ccc(OC(F)(F)F)cc1.Cl. The lowest BCUT2D eigenvalue weighted by atomic mass is 10.1. The quantitative estimate of drug-likeness (QED) is 0.874. The van der Waals surface area contributed by atoms with Gasteiger partial charge in [0.1, 0.15) is 5.75 Å². The maximum atomic E-state index is 12.0. The molecule has 0 aliphatic heterocycles. The first kappa shape index (κ1) is 19.5. The van der Waals surface area contributed by atoms with Crippen molar-refractivity contribution in [3.8, 4) is 5.75 Å². The van der Waals surface area contributed by atoms with Crippen molar-refractivity contribution >= 4 is 18.3 Å². The van der Waals surface area contributed by atoms with Gasteiger partial charge in [-0.15, -0.1) is 25.6 Å². The third-order valence-corrected chi connectivity index (χ3v) is 2.50. The summed E-state index contributed by atoms with van der Waals surface area (Å²) in [6, 6.07) is 4.79. The van der Waals surface area contributed by atoms with E-state index in [2.05, 4.69) is 10.1 Å². The summed E-state index contributed by atoms with van der Waals surface area (Å²) in [6.07, 6.45) is -4.52. The molecule has 0 fully saturated rings. The Kier molecular flexibility index (Phi) is 7.52. The standard InChI is InChI=1S/C13H17F3N2O2.ClH/c1-8(17)7-12(19)18-9(2)10-3-5-11(6-4-10)20-13(14,15)16;/h3-6,8-9H,7,17H2,1-2H3,(H,18,19);1H. The molecule has 0 saturated carbocycles. The number of carbonyl (C=O) groups excluding carboxylic acids is 1. The van der Waals surface area contributed by atoms with Gasteiger partial charge in [0.25, 0.3) is 0 Å². The zero-order valence-corrected chi connectivity index (χ0v) is 12.4. The largest absolute Gasteiger partial charge is 0.573 e. The smallest absolute Gasteiger partial charge is 0.406 e. The Morgan fingerprint density at radius 1 is 1.29 bits per heavy atom. The average molecular weight is 327 g/mol. The highest BCUT2D eigenvalue weighted by molar-refractivity contribution is 5.85. The van der Waals surface area contributed by atoms with Crippen LogP contribution in [0.1, 0.15) is 31.9 Å². The lowest BCUT2D eigenvalue weighted by Crippen LogP contribution is -2.31. The van der Waals surface area contributed by atoms with Crippen molar-refractivity contribution in [2.45, 2.75) is 38.7 Å². The van der Waals surface area contributed by atoms with Crippen LogP contribution in [-0.2, 0) is 4.79 Å². The van der Waals surface area contributed by atoms with E-state index >= 15 is 0 Å². The molecule has 2 atom stereocenters. The predicted molar refractivity (Wildman–Crippen MR) is 75.2 cm³/mol. The highest BCUT2D eigenvalue weighted by atomic mass is 35.5. The van der Waals surface area contributed by atoms with Crippen LogP contribution in [0.15, 0.2) is 24.3 Å². The molecule has 0 saturated heterocycles. The highest BCUT2D eigenvalue weighted by Gasteiger charge is 2.31. The van der Waals surface area contributed by atoms with Crippen LogP contribution in [0.2, 0.25) is 0 Å². The number of benzene rings is 1. The van der Waals surface area contributed by atoms with Crippen LogP contribution in [0.3, 0.4) is 0 Å². The van der Waals surface area contributed by atoms with Gasteiger partial charge in [0.05, 0.1) is 6.04 Å². The van der Waals surface area contributed by atoms with Crippen molar-refractivity contribution in [2.24, 2.45) is 5.73 Å². The summed E-state index contributed by atoms with van der Waals surface area (Å²) in [5.41, 5.74) is 6.18. The first-order valence-electron chi connectivity index (χ1n) is 6.08. The average Bonchev–Trinajstić information content (AvgIpc) is 2.26. The Hall–Kier alpha value is -1.47. The molecule has 0 aliphatic carbocycles. The Bertz CT molecular complexity index is 450. The molecule has 0 aromatic heterocycles. The van der Waals surface area contributed by atoms with Crippen LogP contribution in [0.4, 0.5) is 13.2 Å². The molecule has 3 N–H and O–H groups in total. The van der Waals surface area contributed by atoms with Crippen molar-refractivity contribution in [2.75, 3.05) is 0 Å². The zero-order chi connectivity index (χ0) is 15.3. The van der Waals surface area contributed by atoms with E-state index in [1.54, 1.807) is 13.8 Å². The molecular weight excluding hydrogens is 309 g/mol. The molecule has 2 unspecified atom stereocenters.